The molecule has 3 nitrogen and oxygen atoms in total. The average molecular weight is 337 g/mol. The molecular formula is C17H18Cl2N2O. The van der Waals surface area contributed by atoms with E-state index in [1.54, 1.807) is 6.07 Å². The van der Waals surface area contributed by atoms with Crippen molar-refractivity contribution in [3.63, 3.8) is 0 Å². The third-order valence-electron chi connectivity index (χ3n) is 3.79. The maximum Gasteiger partial charge on any atom is 0.233 e. The van der Waals surface area contributed by atoms with Crippen molar-refractivity contribution in [1.29, 1.82) is 0 Å². The predicted octanol–water partition coefficient (Wildman–Crippen LogP) is 3.37. The van der Waals surface area contributed by atoms with Crippen LogP contribution >= 0.6 is 23.2 Å². The van der Waals surface area contributed by atoms with E-state index in [2.05, 4.69) is 12.2 Å². The Kier molecular flexibility index (Phi) is 5.46. The van der Waals surface area contributed by atoms with Crippen LogP contribution in [0.1, 0.15) is 18.1 Å². The van der Waals surface area contributed by atoms with Crippen LogP contribution in [0.4, 0.5) is 0 Å². The lowest BCUT2D eigenvalue weighted by atomic mass is 9.76. The highest BCUT2D eigenvalue weighted by Gasteiger charge is 2.29. The van der Waals surface area contributed by atoms with E-state index >= 15 is 0 Å². The first-order valence-corrected chi connectivity index (χ1v) is 7.71. The number of carbonyl (C=O) groups excluding carboxylic acids is 1. The molecule has 0 aliphatic heterocycles. The van der Waals surface area contributed by atoms with Crippen LogP contribution in [-0.2, 0) is 10.2 Å². The Morgan fingerprint density at radius 1 is 1.09 bits per heavy atom. The smallest absolute Gasteiger partial charge is 0.233 e. The van der Waals surface area contributed by atoms with Crippen LogP contribution in [0.5, 0.6) is 0 Å². The third kappa shape index (κ3) is 3.61. The number of nitrogens with one attached hydrogen (secondary N) is 1. The molecule has 0 saturated heterocycles. The Hall–Kier alpha value is -1.55. The van der Waals surface area contributed by atoms with Crippen LogP contribution in [0, 0.1) is 0 Å². The van der Waals surface area contributed by atoms with E-state index < -0.39 is 5.41 Å². The molecule has 22 heavy (non-hydrogen) atoms. The highest BCUT2D eigenvalue weighted by molar-refractivity contribution is 6.42. The normalized spacial score (nSPS) is 13.5. The Balaban J connectivity index is 2.44. The van der Waals surface area contributed by atoms with Crippen molar-refractivity contribution >= 4 is 29.1 Å². The van der Waals surface area contributed by atoms with Crippen molar-refractivity contribution in [2.24, 2.45) is 5.73 Å². The highest BCUT2D eigenvalue weighted by Crippen LogP contribution is 2.34. The van der Waals surface area contributed by atoms with Gasteiger partial charge in [-0.1, -0.05) is 59.6 Å². The summed E-state index contributed by atoms with van der Waals surface area (Å²) in [6.07, 6.45) is 0. The van der Waals surface area contributed by atoms with Gasteiger partial charge in [0, 0.05) is 12.0 Å². The molecule has 2 aromatic carbocycles. The molecule has 3 N–H and O–H groups in total. The van der Waals surface area contributed by atoms with Gasteiger partial charge in [0.05, 0.1) is 16.6 Å². The van der Waals surface area contributed by atoms with Gasteiger partial charge in [-0.2, -0.15) is 0 Å². The standard InChI is InChI=1S/C17H18Cl2N2O/c1-17(11-21-16(22)10-20,12-5-3-2-4-6-12)13-7-8-14(18)15(19)9-13/h2-9H,10-11,20H2,1H3,(H,21,22). The molecule has 0 bridgehead atoms. The number of benzene rings is 2. The minimum atomic E-state index is -0.430. The summed E-state index contributed by atoms with van der Waals surface area (Å²) >= 11 is 12.2. The summed E-state index contributed by atoms with van der Waals surface area (Å²) in [7, 11) is 0. The number of rotatable bonds is 5. The molecule has 5 heteroatoms. The molecule has 1 amide bonds. The van der Waals surface area contributed by atoms with Crippen LogP contribution in [0.15, 0.2) is 48.5 Å². The monoisotopic (exact) mass is 336 g/mol. The predicted molar refractivity (Wildman–Crippen MR) is 91.4 cm³/mol. The van der Waals surface area contributed by atoms with Crippen molar-refractivity contribution in [2.75, 3.05) is 13.1 Å². The van der Waals surface area contributed by atoms with Gasteiger partial charge in [-0.15, -0.1) is 0 Å². The first-order chi connectivity index (χ1) is 10.5. The van der Waals surface area contributed by atoms with E-state index in [0.29, 0.717) is 16.6 Å². The molecule has 116 valence electrons. The van der Waals surface area contributed by atoms with Gasteiger partial charge in [0.15, 0.2) is 0 Å². The minimum absolute atomic E-state index is 0.0355. The number of carbonyl (C=O) groups is 1. The largest absolute Gasteiger partial charge is 0.354 e. The molecule has 0 aliphatic rings. The zero-order valence-electron chi connectivity index (χ0n) is 12.3. The van der Waals surface area contributed by atoms with Gasteiger partial charge in [-0.05, 0) is 30.2 Å². The Labute approximate surface area is 140 Å². The first kappa shape index (κ1) is 16.8. The van der Waals surface area contributed by atoms with Crippen molar-refractivity contribution in [1.82, 2.24) is 5.32 Å². The van der Waals surface area contributed by atoms with E-state index in [1.807, 2.05) is 42.5 Å². The molecule has 0 saturated carbocycles. The molecule has 1 atom stereocenters. The van der Waals surface area contributed by atoms with Gasteiger partial charge in [-0.25, -0.2) is 0 Å². The van der Waals surface area contributed by atoms with Gasteiger partial charge >= 0.3 is 0 Å². The van der Waals surface area contributed by atoms with Gasteiger partial charge in [-0.3, -0.25) is 4.79 Å². The summed E-state index contributed by atoms with van der Waals surface area (Å²) in [6, 6.07) is 15.5. The van der Waals surface area contributed by atoms with Crippen molar-refractivity contribution in [3.05, 3.63) is 69.7 Å². The first-order valence-electron chi connectivity index (χ1n) is 6.95. The van der Waals surface area contributed by atoms with Crippen molar-refractivity contribution in [2.45, 2.75) is 12.3 Å². The fourth-order valence-electron chi connectivity index (χ4n) is 2.36. The second-order valence-corrected chi connectivity index (χ2v) is 6.12. The lowest BCUT2D eigenvalue weighted by Crippen LogP contribution is -2.41. The molecule has 0 radical (unpaired) electrons. The fraction of sp³-hybridized carbons (Fsp3) is 0.235. The van der Waals surface area contributed by atoms with Crippen LogP contribution < -0.4 is 11.1 Å². The van der Waals surface area contributed by atoms with E-state index in [9.17, 15) is 4.79 Å². The van der Waals surface area contributed by atoms with Crippen molar-refractivity contribution in [3.8, 4) is 0 Å². The lowest BCUT2D eigenvalue weighted by molar-refractivity contribution is -0.119. The van der Waals surface area contributed by atoms with Gasteiger partial charge in [0.25, 0.3) is 0 Å². The van der Waals surface area contributed by atoms with Gasteiger partial charge in [0.2, 0.25) is 5.91 Å². The molecule has 2 aromatic rings. The van der Waals surface area contributed by atoms with E-state index in [0.717, 1.165) is 11.1 Å². The van der Waals surface area contributed by atoms with E-state index in [-0.39, 0.29) is 12.5 Å². The second kappa shape index (κ2) is 7.14. The van der Waals surface area contributed by atoms with E-state index in [4.69, 9.17) is 28.9 Å². The molecule has 0 aliphatic carbocycles. The van der Waals surface area contributed by atoms with Crippen LogP contribution in [0.2, 0.25) is 10.0 Å². The maximum atomic E-state index is 11.6. The molecule has 0 spiro atoms. The molecular weight excluding hydrogens is 319 g/mol. The number of hydrogen-bond donors (Lipinski definition) is 2. The van der Waals surface area contributed by atoms with Crippen LogP contribution in [0.3, 0.4) is 0 Å². The molecule has 0 heterocycles. The zero-order chi connectivity index (χ0) is 16.2. The Morgan fingerprint density at radius 3 is 2.36 bits per heavy atom. The Morgan fingerprint density at radius 2 is 1.77 bits per heavy atom. The summed E-state index contributed by atoms with van der Waals surface area (Å²) in [5, 5.41) is 3.86. The average Bonchev–Trinajstić information content (AvgIpc) is 2.55. The minimum Gasteiger partial charge on any atom is -0.354 e. The zero-order valence-corrected chi connectivity index (χ0v) is 13.8. The molecule has 0 aromatic heterocycles. The van der Waals surface area contributed by atoms with Crippen molar-refractivity contribution < 1.29 is 4.79 Å². The summed E-state index contributed by atoms with van der Waals surface area (Å²) < 4.78 is 0. The Bertz CT molecular complexity index is 661. The molecule has 1 unspecified atom stereocenters. The number of amides is 1. The number of halogens is 2. The summed E-state index contributed by atoms with van der Waals surface area (Å²) in [6.45, 7) is 2.44. The second-order valence-electron chi connectivity index (χ2n) is 5.31. The van der Waals surface area contributed by atoms with E-state index in [1.165, 1.54) is 0 Å². The van der Waals surface area contributed by atoms with Gasteiger partial charge < -0.3 is 11.1 Å². The topological polar surface area (TPSA) is 55.1 Å². The van der Waals surface area contributed by atoms with Crippen LogP contribution in [0.25, 0.3) is 0 Å². The summed E-state index contributed by atoms with van der Waals surface area (Å²) in [4.78, 5) is 11.6. The maximum absolute atomic E-state index is 11.6. The van der Waals surface area contributed by atoms with Gasteiger partial charge in [0.1, 0.15) is 0 Å². The quantitative estimate of drug-likeness (QED) is 0.879. The van der Waals surface area contributed by atoms with Crippen LogP contribution in [-0.4, -0.2) is 19.0 Å². The SMILES string of the molecule is CC(CNC(=O)CN)(c1ccccc1)c1ccc(Cl)c(Cl)c1. The highest BCUT2D eigenvalue weighted by atomic mass is 35.5. The number of nitrogens with two attached hydrogens (primary N) is 1. The summed E-state index contributed by atoms with van der Waals surface area (Å²) in [5.41, 5.74) is 6.99. The molecule has 0 fully saturated rings. The third-order valence-corrected chi connectivity index (χ3v) is 4.53. The molecule has 2 rings (SSSR count). The fourth-order valence-corrected chi connectivity index (χ4v) is 2.66. The number of hydrogen-bond acceptors (Lipinski definition) is 2. The summed E-state index contributed by atoms with van der Waals surface area (Å²) in [5.74, 6) is -0.192. The lowest BCUT2D eigenvalue weighted by Gasteiger charge is -2.31.